The van der Waals surface area contributed by atoms with Gasteiger partial charge in [-0.15, -0.1) is 0 Å². The maximum Gasteiger partial charge on any atom is 0.253 e. The lowest BCUT2D eigenvalue weighted by Gasteiger charge is -2.31. The van der Waals surface area contributed by atoms with E-state index >= 15 is 0 Å². The molecule has 142 valence electrons. The van der Waals surface area contributed by atoms with Gasteiger partial charge in [0, 0.05) is 31.8 Å². The highest BCUT2D eigenvalue weighted by atomic mass is 35.5. The Labute approximate surface area is 158 Å². The molecule has 0 atom stereocenters. The molecule has 1 amide bonds. The van der Waals surface area contributed by atoms with Gasteiger partial charge >= 0.3 is 0 Å². The minimum atomic E-state index is -1.05. The topological polar surface area (TPSA) is 43.3 Å². The lowest BCUT2D eigenvalue weighted by atomic mass is 9.81. The predicted molar refractivity (Wildman–Crippen MR) is 103 cm³/mol. The molecule has 1 aliphatic rings. The number of hydrogen-bond donors (Lipinski definition) is 1. The highest BCUT2D eigenvalue weighted by molar-refractivity contribution is 6.36. The normalized spacial score (nSPS) is 23.3. The first-order valence-corrected chi connectivity index (χ1v) is 9.52. The molecule has 0 radical (unpaired) electrons. The van der Waals surface area contributed by atoms with Crippen LogP contribution in [0.5, 0.6) is 0 Å². The van der Waals surface area contributed by atoms with E-state index in [1.54, 1.807) is 20.1 Å². The van der Waals surface area contributed by atoms with Crippen LogP contribution in [-0.2, 0) is 11.3 Å². The van der Waals surface area contributed by atoms with Crippen LogP contribution < -0.4 is 5.32 Å². The molecule has 2 aromatic rings. The Morgan fingerprint density at radius 2 is 2.15 bits per heavy atom. The molecule has 1 heterocycles. The summed E-state index contributed by atoms with van der Waals surface area (Å²) in [6.45, 7) is 3.45. The summed E-state index contributed by atoms with van der Waals surface area (Å²) in [6.07, 6.45) is 4.59. The van der Waals surface area contributed by atoms with Crippen molar-refractivity contribution >= 4 is 28.4 Å². The summed E-state index contributed by atoms with van der Waals surface area (Å²) in [4.78, 5) is 12.8. The lowest BCUT2D eigenvalue weighted by molar-refractivity contribution is 0.0894. The summed E-state index contributed by atoms with van der Waals surface area (Å²) in [6, 6.07) is 5.63. The SMILES string of the molecule is COCCn1cc(C(=O)NCC2CCC(C)(F)CC2)c2c(Cl)cccc21. The van der Waals surface area contributed by atoms with E-state index in [9.17, 15) is 9.18 Å². The number of methoxy groups -OCH3 is 1. The van der Waals surface area contributed by atoms with E-state index in [0.29, 0.717) is 49.0 Å². The Balaban J connectivity index is 1.73. The van der Waals surface area contributed by atoms with Crippen LogP contribution in [0, 0.1) is 5.92 Å². The van der Waals surface area contributed by atoms with Gasteiger partial charge in [-0.1, -0.05) is 17.7 Å². The van der Waals surface area contributed by atoms with Crippen molar-refractivity contribution in [2.24, 2.45) is 5.92 Å². The van der Waals surface area contributed by atoms with E-state index in [2.05, 4.69) is 5.32 Å². The molecule has 1 N–H and O–H groups in total. The van der Waals surface area contributed by atoms with E-state index in [1.807, 2.05) is 22.9 Å². The minimum Gasteiger partial charge on any atom is -0.383 e. The number of hydrogen-bond acceptors (Lipinski definition) is 2. The van der Waals surface area contributed by atoms with Crippen LogP contribution in [0.15, 0.2) is 24.4 Å². The predicted octanol–water partition coefficient (Wildman–Crippen LogP) is 4.59. The molecule has 1 aliphatic carbocycles. The second-order valence-corrected chi connectivity index (χ2v) is 7.84. The summed E-state index contributed by atoms with van der Waals surface area (Å²) in [5.74, 6) is 0.202. The van der Waals surface area contributed by atoms with Crippen molar-refractivity contribution in [2.75, 3.05) is 20.3 Å². The third-order valence-electron chi connectivity index (χ3n) is 5.34. The molecule has 0 unspecified atom stereocenters. The Morgan fingerprint density at radius 3 is 2.85 bits per heavy atom. The van der Waals surface area contributed by atoms with Crippen molar-refractivity contribution in [3.63, 3.8) is 0 Å². The van der Waals surface area contributed by atoms with Gasteiger partial charge in [0.2, 0.25) is 0 Å². The van der Waals surface area contributed by atoms with Crippen molar-refractivity contribution in [2.45, 2.75) is 44.8 Å². The maximum atomic E-state index is 13.9. The third-order valence-corrected chi connectivity index (χ3v) is 5.65. The first kappa shape index (κ1) is 19.2. The molecule has 4 nitrogen and oxygen atoms in total. The minimum absolute atomic E-state index is 0.132. The van der Waals surface area contributed by atoms with Crippen molar-refractivity contribution < 1.29 is 13.9 Å². The highest BCUT2D eigenvalue weighted by Gasteiger charge is 2.30. The van der Waals surface area contributed by atoms with Crippen molar-refractivity contribution in [1.82, 2.24) is 9.88 Å². The van der Waals surface area contributed by atoms with Crippen LogP contribution in [0.1, 0.15) is 43.0 Å². The molecule has 26 heavy (non-hydrogen) atoms. The first-order valence-electron chi connectivity index (χ1n) is 9.15. The summed E-state index contributed by atoms with van der Waals surface area (Å²) < 4.78 is 21.1. The molecular formula is C20H26ClFN2O2. The average Bonchev–Trinajstić information content (AvgIpc) is 2.99. The highest BCUT2D eigenvalue weighted by Crippen LogP contribution is 2.34. The van der Waals surface area contributed by atoms with Crippen molar-refractivity contribution in [1.29, 1.82) is 0 Å². The number of halogens is 2. The maximum absolute atomic E-state index is 13.9. The van der Waals surface area contributed by atoms with Crippen LogP contribution in [0.4, 0.5) is 4.39 Å². The number of carbonyl (C=O) groups excluding carboxylic acids is 1. The van der Waals surface area contributed by atoms with E-state index < -0.39 is 5.67 Å². The zero-order chi connectivity index (χ0) is 18.7. The molecule has 1 aromatic carbocycles. The van der Waals surface area contributed by atoms with Crippen molar-refractivity contribution in [3.05, 3.63) is 35.0 Å². The number of benzene rings is 1. The van der Waals surface area contributed by atoms with E-state index in [0.717, 1.165) is 23.7 Å². The molecule has 3 rings (SSSR count). The molecule has 1 aromatic heterocycles. The lowest BCUT2D eigenvalue weighted by Crippen LogP contribution is -2.34. The fourth-order valence-corrected chi connectivity index (χ4v) is 3.94. The standard InChI is InChI=1S/C20H26ClFN2O2/c1-20(22)8-6-14(7-9-20)12-23-19(25)15-13-24(10-11-26-2)17-5-3-4-16(21)18(15)17/h3-5,13-14H,6-12H2,1-2H3,(H,23,25). The molecular weight excluding hydrogens is 355 g/mol. The number of nitrogens with zero attached hydrogens (tertiary/aromatic N) is 1. The quantitative estimate of drug-likeness (QED) is 0.796. The number of alkyl halides is 1. The van der Waals surface area contributed by atoms with Gasteiger partial charge < -0.3 is 14.6 Å². The zero-order valence-electron chi connectivity index (χ0n) is 15.4. The number of nitrogens with one attached hydrogen (secondary N) is 1. The number of carbonyl (C=O) groups is 1. The van der Waals surface area contributed by atoms with Gasteiger partial charge in [0.05, 0.1) is 22.7 Å². The average molecular weight is 381 g/mol. The van der Waals surface area contributed by atoms with Crippen molar-refractivity contribution in [3.8, 4) is 0 Å². The molecule has 0 saturated heterocycles. The van der Waals surface area contributed by atoms with Crippen LogP contribution in [0.2, 0.25) is 5.02 Å². The van der Waals surface area contributed by atoms with E-state index in [-0.39, 0.29) is 5.91 Å². The molecule has 0 spiro atoms. The second kappa shape index (κ2) is 7.97. The summed E-state index contributed by atoms with van der Waals surface area (Å²) >= 11 is 6.37. The van der Waals surface area contributed by atoms with Gasteiger partial charge in [-0.2, -0.15) is 0 Å². The van der Waals surface area contributed by atoms with Gasteiger partial charge in [0.1, 0.15) is 5.67 Å². The molecule has 6 heteroatoms. The Morgan fingerprint density at radius 1 is 1.42 bits per heavy atom. The van der Waals surface area contributed by atoms with Gasteiger partial charge in [0.15, 0.2) is 0 Å². The fraction of sp³-hybridized carbons (Fsp3) is 0.550. The molecule has 0 aliphatic heterocycles. The van der Waals surface area contributed by atoms with Crippen LogP contribution in [0.25, 0.3) is 10.9 Å². The second-order valence-electron chi connectivity index (χ2n) is 7.43. The van der Waals surface area contributed by atoms with Gasteiger partial charge in [0.25, 0.3) is 5.91 Å². The van der Waals surface area contributed by atoms with Gasteiger partial charge in [-0.05, 0) is 50.7 Å². The number of rotatable bonds is 6. The van der Waals surface area contributed by atoms with Crippen LogP contribution in [0.3, 0.4) is 0 Å². The first-order chi connectivity index (χ1) is 12.4. The summed E-state index contributed by atoms with van der Waals surface area (Å²) in [7, 11) is 1.65. The largest absolute Gasteiger partial charge is 0.383 e. The molecule has 1 fully saturated rings. The molecule has 1 saturated carbocycles. The summed E-state index contributed by atoms with van der Waals surface area (Å²) in [5.41, 5.74) is 0.446. The third kappa shape index (κ3) is 4.21. The van der Waals surface area contributed by atoms with Gasteiger partial charge in [-0.25, -0.2) is 4.39 Å². The monoisotopic (exact) mass is 380 g/mol. The van der Waals surface area contributed by atoms with Crippen LogP contribution in [-0.4, -0.2) is 36.4 Å². The van der Waals surface area contributed by atoms with Gasteiger partial charge in [-0.3, -0.25) is 4.79 Å². The van der Waals surface area contributed by atoms with E-state index in [4.69, 9.17) is 16.3 Å². The Kier molecular flexibility index (Phi) is 5.88. The van der Waals surface area contributed by atoms with E-state index in [1.165, 1.54) is 0 Å². The van der Waals surface area contributed by atoms with Crippen LogP contribution >= 0.6 is 11.6 Å². The Hall–Kier alpha value is -1.59. The zero-order valence-corrected chi connectivity index (χ0v) is 16.1. The number of fused-ring (bicyclic) bond motifs is 1. The molecule has 0 bridgehead atoms. The summed E-state index contributed by atoms with van der Waals surface area (Å²) in [5, 5.41) is 4.35. The fourth-order valence-electron chi connectivity index (χ4n) is 3.67. The number of ether oxygens (including phenoxy) is 1. The Bertz CT molecular complexity index is 777. The number of amides is 1. The number of aromatic nitrogens is 1. The smallest absolute Gasteiger partial charge is 0.253 e.